The SMILES string of the molecule is Cc1ccc(C(=O)/C=C/C(=O)N2CCCSCC2)cc1. The van der Waals surface area contributed by atoms with Gasteiger partial charge < -0.3 is 4.90 Å². The lowest BCUT2D eigenvalue weighted by Gasteiger charge is -2.17. The molecular weight excluding hydrogens is 270 g/mol. The second-order valence-corrected chi connectivity index (χ2v) is 6.08. The fourth-order valence-corrected chi connectivity index (χ4v) is 2.92. The first-order chi connectivity index (χ1) is 9.66. The summed E-state index contributed by atoms with van der Waals surface area (Å²) >= 11 is 1.87. The second kappa shape index (κ2) is 7.29. The zero-order valence-corrected chi connectivity index (χ0v) is 12.5. The number of allylic oxidation sites excluding steroid dienone is 1. The molecule has 2 rings (SSSR count). The van der Waals surface area contributed by atoms with Gasteiger partial charge in [-0.1, -0.05) is 29.8 Å². The van der Waals surface area contributed by atoms with Crippen LogP contribution in [0, 0.1) is 6.92 Å². The summed E-state index contributed by atoms with van der Waals surface area (Å²) in [5.74, 6) is 1.90. The minimum Gasteiger partial charge on any atom is -0.338 e. The van der Waals surface area contributed by atoms with Crippen molar-refractivity contribution in [2.24, 2.45) is 0 Å². The summed E-state index contributed by atoms with van der Waals surface area (Å²) in [6.45, 7) is 3.53. The van der Waals surface area contributed by atoms with Crippen molar-refractivity contribution in [2.45, 2.75) is 13.3 Å². The van der Waals surface area contributed by atoms with Crippen molar-refractivity contribution in [3.05, 3.63) is 47.5 Å². The van der Waals surface area contributed by atoms with Gasteiger partial charge in [0, 0.05) is 30.5 Å². The minimum atomic E-state index is -0.123. The van der Waals surface area contributed by atoms with E-state index in [1.54, 1.807) is 12.1 Å². The zero-order valence-electron chi connectivity index (χ0n) is 11.7. The molecule has 1 aliphatic rings. The van der Waals surface area contributed by atoms with E-state index >= 15 is 0 Å². The quantitative estimate of drug-likeness (QED) is 0.634. The van der Waals surface area contributed by atoms with Crippen LogP contribution in [0.2, 0.25) is 0 Å². The van der Waals surface area contributed by atoms with Crippen molar-refractivity contribution in [3.63, 3.8) is 0 Å². The molecule has 0 unspecified atom stereocenters. The molecule has 0 radical (unpaired) electrons. The third-order valence-electron chi connectivity index (χ3n) is 3.25. The number of rotatable bonds is 3. The van der Waals surface area contributed by atoms with Gasteiger partial charge in [-0.05, 0) is 25.2 Å². The molecule has 0 N–H and O–H groups in total. The van der Waals surface area contributed by atoms with Crippen LogP contribution in [0.5, 0.6) is 0 Å². The number of thioether (sulfide) groups is 1. The maximum absolute atomic E-state index is 12.0. The number of carbonyl (C=O) groups is 2. The number of aryl methyl sites for hydroxylation is 1. The molecule has 1 amide bonds. The highest BCUT2D eigenvalue weighted by atomic mass is 32.2. The summed E-state index contributed by atoms with van der Waals surface area (Å²) < 4.78 is 0. The summed E-state index contributed by atoms with van der Waals surface area (Å²) in [6, 6.07) is 7.37. The second-order valence-electron chi connectivity index (χ2n) is 4.85. The first-order valence-electron chi connectivity index (χ1n) is 6.82. The lowest BCUT2D eigenvalue weighted by Crippen LogP contribution is -2.31. The molecule has 0 bridgehead atoms. The number of benzene rings is 1. The fraction of sp³-hybridized carbons (Fsp3) is 0.375. The van der Waals surface area contributed by atoms with Crippen LogP contribution in [0.1, 0.15) is 22.3 Å². The Kier molecular flexibility index (Phi) is 5.41. The highest BCUT2D eigenvalue weighted by Gasteiger charge is 2.13. The molecule has 0 aromatic heterocycles. The molecule has 0 spiro atoms. The average molecular weight is 289 g/mol. The molecule has 1 aromatic rings. The molecule has 1 fully saturated rings. The summed E-state index contributed by atoms with van der Waals surface area (Å²) in [4.78, 5) is 25.8. The predicted octanol–water partition coefficient (Wildman–Crippen LogP) is 2.70. The van der Waals surface area contributed by atoms with Gasteiger partial charge in [0.15, 0.2) is 5.78 Å². The van der Waals surface area contributed by atoms with E-state index in [4.69, 9.17) is 0 Å². The predicted molar refractivity (Wildman–Crippen MR) is 83.2 cm³/mol. The Morgan fingerprint density at radius 2 is 1.85 bits per heavy atom. The van der Waals surface area contributed by atoms with Crippen LogP contribution in [-0.2, 0) is 4.79 Å². The van der Waals surface area contributed by atoms with Gasteiger partial charge in [0.1, 0.15) is 0 Å². The van der Waals surface area contributed by atoms with E-state index < -0.39 is 0 Å². The van der Waals surface area contributed by atoms with E-state index in [2.05, 4.69) is 0 Å². The van der Waals surface area contributed by atoms with Gasteiger partial charge in [0.05, 0.1) is 0 Å². The normalized spacial score (nSPS) is 16.1. The summed E-state index contributed by atoms with van der Waals surface area (Å²) in [5, 5.41) is 0. The van der Waals surface area contributed by atoms with Crippen LogP contribution in [0.15, 0.2) is 36.4 Å². The fourth-order valence-electron chi connectivity index (χ4n) is 2.03. The van der Waals surface area contributed by atoms with Crippen molar-refractivity contribution in [3.8, 4) is 0 Å². The van der Waals surface area contributed by atoms with Crippen molar-refractivity contribution < 1.29 is 9.59 Å². The van der Waals surface area contributed by atoms with Gasteiger partial charge in [0.25, 0.3) is 0 Å². The maximum Gasteiger partial charge on any atom is 0.246 e. The Balaban J connectivity index is 1.95. The molecule has 1 aliphatic heterocycles. The molecule has 0 atom stereocenters. The number of ketones is 1. The standard InChI is InChI=1S/C16H19NO2S/c1-13-3-5-14(6-4-13)15(18)7-8-16(19)17-9-2-11-20-12-10-17/h3-8H,2,9-12H2,1H3/b8-7+. The first-order valence-corrected chi connectivity index (χ1v) is 7.98. The van der Waals surface area contributed by atoms with E-state index in [-0.39, 0.29) is 11.7 Å². The third-order valence-corrected chi connectivity index (χ3v) is 4.30. The molecule has 0 saturated carbocycles. The van der Waals surface area contributed by atoms with Gasteiger partial charge in [-0.2, -0.15) is 11.8 Å². The topological polar surface area (TPSA) is 37.4 Å². The molecular formula is C16H19NO2S. The van der Waals surface area contributed by atoms with E-state index in [1.807, 2.05) is 35.7 Å². The van der Waals surface area contributed by atoms with Gasteiger partial charge in [-0.15, -0.1) is 0 Å². The summed E-state index contributed by atoms with van der Waals surface area (Å²) in [5.41, 5.74) is 1.73. The van der Waals surface area contributed by atoms with Crippen LogP contribution < -0.4 is 0 Å². The van der Waals surface area contributed by atoms with E-state index in [1.165, 1.54) is 12.2 Å². The lowest BCUT2D eigenvalue weighted by atomic mass is 10.1. The lowest BCUT2D eigenvalue weighted by molar-refractivity contribution is -0.125. The molecule has 20 heavy (non-hydrogen) atoms. The smallest absolute Gasteiger partial charge is 0.246 e. The van der Waals surface area contributed by atoms with Gasteiger partial charge in [-0.3, -0.25) is 9.59 Å². The number of carbonyl (C=O) groups excluding carboxylic acids is 2. The Morgan fingerprint density at radius 3 is 2.60 bits per heavy atom. The maximum atomic E-state index is 12.0. The van der Waals surface area contributed by atoms with Crippen molar-refractivity contribution in [1.82, 2.24) is 4.90 Å². The molecule has 1 heterocycles. The van der Waals surface area contributed by atoms with Gasteiger partial charge in [-0.25, -0.2) is 0 Å². The number of amides is 1. The Hall–Kier alpha value is -1.55. The van der Waals surface area contributed by atoms with Crippen LogP contribution >= 0.6 is 11.8 Å². The Morgan fingerprint density at radius 1 is 1.10 bits per heavy atom. The largest absolute Gasteiger partial charge is 0.338 e. The van der Waals surface area contributed by atoms with Crippen LogP contribution in [0.3, 0.4) is 0 Å². The van der Waals surface area contributed by atoms with Crippen LogP contribution in [-0.4, -0.2) is 41.2 Å². The number of hydrogen-bond acceptors (Lipinski definition) is 3. The minimum absolute atomic E-state index is 0.0621. The highest BCUT2D eigenvalue weighted by Crippen LogP contribution is 2.10. The van der Waals surface area contributed by atoms with Gasteiger partial charge in [0.2, 0.25) is 5.91 Å². The Bertz CT molecular complexity index is 500. The molecule has 1 saturated heterocycles. The first kappa shape index (κ1) is 14.9. The average Bonchev–Trinajstić information content (AvgIpc) is 2.74. The van der Waals surface area contributed by atoms with Crippen LogP contribution in [0.25, 0.3) is 0 Å². The van der Waals surface area contributed by atoms with E-state index in [0.717, 1.165) is 36.6 Å². The van der Waals surface area contributed by atoms with Crippen LogP contribution in [0.4, 0.5) is 0 Å². The monoisotopic (exact) mass is 289 g/mol. The van der Waals surface area contributed by atoms with Crippen molar-refractivity contribution >= 4 is 23.5 Å². The summed E-state index contributed by atoms with van der Waals surface area (Å²) in [7, 11) is 0. The number of nitrogens with zero attached hydrogens (tertiary/aromatic N) is 1. The third kappa shape index (κ3) is 4.23. The molecule has 106 valence electrons. The van der Waals surface area contributed by atoms with E-state index in [9.17, 15) is 9.59 Å². The molecule has 4 heteroatoms. The number of hydrogen-bond donors (Lipinski definition) is 0. The van der Waals surface area contributed by atoms with Gasteiger partial charge >= 0.3 is 0 Å². The van der Waals surface area contributed by atoms with Crippen molar-refractivity contribution in [1.29, 1.82) is 0 Å². The molecule has 1 aromatic carbocycles. The Labute approximate surface area is 124 Å². The van der Waals surface area contributed by atoms with E-state index in [0.29, 0.717) is 5.56 Å². The zero-order chi connectivity index (χ0) is 14.4. The summed E-state index contributed by atoms with van der Waals surface area (Å²) in [6.07, 6.45) is 3.80. The molecule has 3 nitrogen and oxygen atoms in total. The van der Waals surface area contributed by atoms with Crippen molar-refractivity contribution in [2.75, 3.05) is 24.6 Å². The molecule has 0 aliphatic carbocycles. The highest BCUT2D eigenvalue weighted by molar-refractivity contribution is 7.99.